The molecule has 0 fully saturated rings. The van der Waals surface area contributed by atoms with Gasteiger partial charge in [0.05, 0.1) is 0 Å². The fraction of sp³-hybridized carbons (Fsp3) is 0. The first-order valence-corrected chi connectivity index (χ1v) is 3.04. The van der Waals surface area contributed by atoms with Crippen molar-refractivity contribution in [2.24, 2.45) is 0 Å². The summed E-state index contributed by atoms with van der Waals surface area (Å²) in [5.74, 6) is 0. The number of hydrogen-bond acceptors (Lipinski definition) is 1. The zero-order valence-corrected chi connectivity index (χ0v) is 7.33. The van der Waals surface area contributed by atoms with Crippen molar-refractivity contribution in [3.05, 3.63) is 11.6 Å². The zero-order valence-electron chi connectivity index (χ0n) is 2.78. The molecule has 5 heavy (non-hydrogen) atoms. The van der Waals surface area contributed by atoms with Crippen molar-refractivity contribution in [1.82, 2.24) is 0 Å². The third-order valence-corrected chi connectivity index (χ3v) is 0. The molecule has 3 heteroatoms. The van der Waals surface area contributed by atoms with Crippen molar-refractivity contribution in [3.63, 3.8) is 0 Å². The Bertz CT molecular complexity index is 23.6. The van der Waals surface area contributed by atoms with Gasteiger partial charge in [-0.1, -0.05) is 22.5 Å². The Morgan fingerprint density at radius 3 is 1.80 bits per heavy atom. The predicted molar refractivity (Wildman–Crippen MR) is 19.8 cm³/mol. The fourth-order valence-corrected chi connectivity index (χ4v) is 0. The van der Waals surface area contributed by atoms with Gasteiger partial charge in [0.25, 0.3) is 0 Å². The SMILES string of the molecule is C=CBr.[O]=[Zn]. The van der Waals surface area contributed by atoms with Crippen LogP contribution in [-0.4, -0.2) is 0 Å². The van der Waals surface area contributed by atoms with E-state index in [9.17, 15) is 0 Å². The zero-order chi connectivity index (χ0) is 4.71. The molecule has 0 bridgehead atoms. The van der Waals surface area contributed by atoms with Crippen LogP contribution in [0, 0.1) is 0 Å². The molecule has 0 unspecified atom stereocenters. The summed E-state index contributed by atoms with van der Waals surface area (Å²) in [5.41, 5.74) is 0. The summed E-state index contributed by atoms with van der Waals surface area (Å²) >= 11 is 3.03. The first kappa shape index (κ1) is 9.17. The van der Waals surface area contributed by atoms with Gasteiger partial charge >= 0.3 is 21.8 Å². The standard InChI is InChI=1S/C2H3Br.O.Zn/c1-2-3;;/h2H,1H2;;. The van der Waals surface area contributed by atoms with Crippen molar-refractivity contribution in [1.29, 1.82) is 0 Å². The van der Waals surface area contributed by atoms with Crippen LogP contribution in [0.2, 0.25) is 0 Å². The van der Waals surface area contributed by atoms with Crippen LogP contribution in [0.4, 0.5) is 0 Å². The van der Waals surface area contributed by atoms with Crippen LogP contribution in [0.5, 0.6) is 0 Å². The molecule has 0 heterocycles. The van der Waals surface area contributed by atoms with Gasteiger partial charge < -0.3 is 0 Å². The summed E-state index contributed by atoms with van der Waals surface area (Å²) in [6, 6.07) is 0. The van der Waals surface area contributed by atoms with Crippen molar-refractivity contribution >= 4 is 15.9 Å². The third-order valence-electron chi connectivity index (χ3n) is 0. The molecule has 0 rings (SSSR count). The Morgan fingerprint density at radius 2 is 1.80 bits per heavy atom. The van der Waals surface area contributed by atoms with Crippen LogP contribution < -0.4 is 0 Å². The van der Waals surface area contributed by atoms with Gasteiger partial charge in [0.2, 0.25) is 0 Å². The fourth-order valence-electron chi connectivity index (χ4n) is 0. The van der Waals surface area contributed by atoms with E-state index >= 15 is 0 Å². The average molecular weight is 188 g/mol. The molecule has 0 atom stereocenters. The maximum atomic E-state index is 8.38. The first-order chi connectivity index (χ1) is 2.41. The molecule has 0 saturated carbocycles. The second-order valence-electron chi connectivity index (χ2n) is 0.154. The van der Waals surface area contributed by atoms with E-state index < -0.39 is 0 Å². The second-order valence-corrected chi connectivity index (χ2v) is 0.802. The van der Waals surface area contributed by atoms with E-state index in [1.165, 1.54) is 0 Å². The van der Waals surface area contributed by atoms with Crippen LogP contribution >= 0.6 is 15.9 Å². The van der Waals surface area contributed by atoms with Crippen molar-refractivity contribution in [2.45, 2.75) is 0 Å². The molecule has 0 aromatic carbocycles. The molecule has 0 saturated heterocycles. The summed E-state index contributed by atoms with van der Waals surface area (Å²) in [7, 11) is 0. The summed E-state index contributed by atoms with van der Waals surface area (Å²) in [5, 5.41) is 0. The molecule has 1 nitrogen and oxygen atoms in total. The molecule has 0 spiro atoms. The van der Waals surface area contributed by atoms with E-state index in [1.54, 1.807) is 4.99 Å². The van der Waals surface area contributed by atoms with Gasteiger partial charge in [-0.3, -0.25) is 0 Å². The molecule has 0 amide bonds. The molecule has 0 aromatic heterocycles. The molecule has 0 aliphatic rings. The van der Waals surface area contributed by atoms with Gasteiger partial charge in [0, 0.05) is 0 Å². The molecule has 0 aromatic rings. The molecule has 0 N–H and O–H groups in total. The number of rotatable bonds is 0. The van der Waals surface area contributed by atoms with Crippen LogP contribution in [0.15, 0.2) is 11.6 Å². The summed E-state index contributed by atoms with van der Waals surface area (Å²) in [6.45, 7) is 3.28. The Labute approximate surface area is 49.5 Å². The van der Waals surface area contributed by atoms with Crippen LogP contribution in [0.3, 0.4) is 0 Å². The summed E-state index contributed by atoms with van der Waals surface area (Å²) in [4.78, 5) is 1.56. The van der Waals surface area contributed by atoms with Gasteiger partial charge in [-0.2, -0.15) is 0 Å². The van der Waals surface area contributed by atoms with Crippen molar-refractivity contribution in [3.8, 4) is 0 Å². The molecule has 0 radical (unpaired) electrons. The predicted octanol–water partition coefficient (Wildman–Crippen LogP) is 1.40. The van der Waals surface area contributed by atoms with E-state index in [-0.39, 0.29) is 18.3 Å². The Balaban J connectivity index is 0. The maximum absolute atomic E-state index is 8.38. The van der Waals surface area contributed by atoms with Gasteiger partial charge in [0.15, 0.2) is 0 Å². The molecule has 26 valence electrons. The summed E-state index contributed by atoms with van der Waals surface area (Å²) < 4.78 is 8.38. The van der Waals surface area contributed by atoms with Crippen LogP contribution in [-0.2, 0) is 21.8 Å². The van der Waals surface area contributed by atoms with E-state index in [0.29, 0.717) is 0 Å². The van der Waals surface area contributed by atoms with Crippen LogP contribution in [0.1, 0.15) is 0 Å². The van der Waals surface area contributed by atoms with E-state index in [4.69, 9.17) is 3.57 Å². The Kier molecular flexibility index (Phi) is 41.8. The molecule has 0 aliphatic carbocycles. The van der Waals surface area contributed by atoms with Crippen LogP contribution in [0.25, 0.3) is 0 Å². The molecular formula is C2H3BrOZn. The van der Waals surface area contributed by atoms with Gasteiger partial charge in [-0.15, -0.1) is 0 Å². The first-order valence-electron chi connectivity index (χ1n) is 0.915. The second kappa shape index (κ2) is 22.8. The topological polar surface area (TPSA) is 17.1 Å². The van der Waals surface area contributed by atoms with Gasteiger partial charge in [-0.25, -0.2) is 0 Å². The molecular weight excluding hydrogens is 185 g/mol. The number of halogens is 1. The molecule has 0 aliphatic heterocycles. The van der Waals surface area contributed by atoms with E-state index in [0.717, 1.165) is 0 Å². The van der Waals surface area contributed by atoms with Crippen molar-refractivity contribution < 1.29 is 21.8 Å². The van der Waals surface area contributed by atoms with Gasteiger partial charge in [0.1, 0.15) is 0 Å². The number of hydrogen-bond donors (Lipinski definition) is 0. The minimum absolute atomic E-state index is 0.125. The van der Waals surface area contributed by atoms with E-state index in [2.05, 4.69) is 22.5 Å². The monoisotopic (exact) mass is 186 g/mol. The normalized spacial score (nSPS) is 3.80. The third kappa shape index (κ3) is 78.4. The Hall–Kier alpha value is 0.643. The van der Waals surface area contributed by atoms with E-state index in [1.807, 2.05) is 0 Å². The average Bonchev–Trinajstić information content (AvgIpc) is 1.46. The Morgan fingerprint density at radius 1 is 1.80 bits per heavy atom. The quantitative estimate of drug-likeness (QED) is 0.525. The summed E-state index contributed by atoms with van der Waals surface area (Å²) in [6.07, 6.45) is 0. The minimum atomic E-state index is 0.125. The van der Waals surface area contributed by atoms with Gasteiger partial charge in [-0.05, 0) is 4.99 Å². The van der Waals surface area contributed by atoms with Crippen molar-refractivity contribution in [2.75, 3.05) is 0 Å².